The maximum absolute atomic E-state index is 6.04. The van der Waals surface area contributed by atoms with Gasteiger partial charge in [-0.1, -0.05) is 29.3 Å². The third-order valence-corrected chi connectivity index (χ3v) is 3.36. The van der Waals surface area contributed by atoms with Crippen molar-refractivity contribution in [2.24, 2.45) is 0 Å². The molecule has 3 nitrogen and oxygen atoms in total. The minimum Gasteiger partial charge on any atom is -0.340 e. The highest BCUT2D eigenvalue weighted by molar-refractivity contribution is 6.35. The normalized spacial score (nSPS) is 10.8. The summed E-state index contributed by atoms with van der Waals surface area (Å²) in [6.45, 7) is 1.96. The maximum Gasteiger partial charge on any atom is 0.156 e. The molecule has 2 heterocycles. The molecule has 0 aliphatic carbocycles. The zero-order valence-electron chi connectivity index (χ0n) is 10.7. The van der Waals surface area contributed by atoms with Crippen LogP contribution in [0.2, 0.25) is 10.0 Å². The molecule has 0 fully saturated rings. The molecule has 0 saturated heterocycles. The first-order chi connectivity index (χ1) is 9.63. The number of imidazole rings is 1. The molecule has 0 saturated carbocycles. The van der Waals surface area contributed by atoms with Crippen LogP contribution in [-0.4, -0.2) is 15.0 Å². The van der Waals surface area contributed by atoms with Crippen molar-refractivity contribution >= 4 is 23.2 Å². The van der Waals surface area contributed by atoms with Crippen molar-refractivity contribution in [3.8, 4) is 22.8 Å². The number of halogens is 2. The number of benzene rings is 1. The molecule has 20 heavy (non-hydrogen) atoms. The average molecular weight is 304 g/mol. The lowest BCUT2D eigenvalue weighted by Crippen LogP contribution is -1.84. The van der Waals surface area contributed by atoms with Gasteiger partial charge in [0, 0.05) is 27.5 Å². The molecule has 0 atom stereocenters. The van der Waals surface area contributed by atoms with E-state index in [4.69, 9.17) is 23.2 Å². The molecule has 100 valence electrons. The summed E-state index contributed by atoms with van der Waals surface area (Å²) >= 11 is 12.1. The van der Waals surface area contributed by atoms with Crippen molar-refractivity contribution in [3.63, 3.8) is 0 Å². The van der Waals surface area contributed by atoms with Crippen molar-refractivity contribution in [2.75, 3.05) is 0 Å². The van der Waals surface area contributed by atoms with E-state index in [1.165, 1.54) is 0 Å². The minimum atomic E-state index is 0.592. The van der Waals surface area contributed by atoms with Crippen LogP contribution in [0.15, 0.2) is 42.6 Å². The van der Waals surface area contributed by atoms with Gasteiger partial charge in [0.15, 0.2) is 5.82 Å². The molecule has 1 aromatic carbocycles. The molecule has 5 heteroatoms. The lowest BCUT2D eigenvalue weighted by atomic mass is 10.1. The predicted molar refractivity (Wildman–Crippen MR) is 82.0 cm³/mol. The minimum absolute atomic E-state index is 0.592. The fraction of sp³-hybridized carbons (Fsp3) is 0.0667. The second-order valence-corrected chi connectivity index (χ2v) is 5.30. The molecule has 0 unspecified atom stereocenters. The van der Waals surface area contributed by atoms with E-state index in [1.54, 1.807) is 12.3 Å². The van der Waals surface area contributed by atoms with Gasteiger partial charge in [-0.2, -0.15) is 0 Å². The van der Waals surface area contributed by atoms with Crippen molar-refractivity contribution in [2.45, 2.75) is 6.92 Å². The maximum atomic E-state index is 6.04. The Balaban J connectivity index is 2.09. The van der Waals surface area contributed by atoms with Crippen LogP contribution in [0, 0.1) is 6.92 Å². The summed E-state index contributed by atoms with van der Waals surface area (Å²) in [6.07, 6.45) is 1.74. The number of nitrogens with one attached hydrogen (secondary N) is 1. The topological polar surface area (TPSA) is 41.6 Å². The van der Waals surface area contributed by atoms with Gasteiger partial charge >= 0.3 is 0 Å². The number of nitrogens with zero attached hydrogens (tertiary/aromatic N) is 2. The Morgan fingerprint density at radius 1 is 1.05 bits per heavy atom. The molecule has 0 spiro atoms. The van der Waals surface area contributed by atoms with Crippen molar-refractivity contribution in [1.82, 2.24) is 15.0 Å². The zero-order chi connectivity index (χ0) is 14.1. The van der Waals surface area contributed by atoms with Gasteiger partial charge in [0.2, 0.25) is 0 Å². The fourth-order valence-electron chi connectivity index (χ4n) is 2.06. The standard InChI is InChI=1S/C15H11Cl2N3/c1-9-14(10-6-11(16)8-12(17)7-10)20-15(19-9)13-4-2-3-5-18-13/h2-8H,1H3,(H,19,20). The zero-order valence-corrected chi connectivity index (χ0v) is 12.2. The number of aromatic amines is 1. The molecule has 0 radical (unpaired) electrons. The van der Waals surface area contributed by atoms with Crippen LogP contribution in [0.3, 0.4) is 0 Å². The van der Waals surface area contributed by atoms with Gasteiger partial charge in [0.25, 0.3) is 0 Å². The highest BCUT2D eigenvalue weighted by atomic mass is 35.5. The molecule has 3 aromatic rings. The van der Waals surface area contributed by atoms with Gasteiger partial charge in [-0.15, -0.1) is 0 Å². The number of H-pyrrole nitrogens is 1. The molecule has 2 aromatic heterocycles. The lowest BCUT2D eigenvalue weighted by molar-refractivity contribution is 1.20. The van der Waals surface area contributed by atoms with Crippen molar-refractivity contribution in [3.05, 3.63) is 58.3 Å². The van der Waals surface area contributed by atoms with Gasteiger partial charge < -0.3 is 4.98 Å². The summed E-state index contributed by atoms with van der Waals surface area (Å²) in [5.41, 5.74) is 3.47. The summed E-state index contributed by atoms with van der Waals surface area (Å²) in [4.78, 5) is 12.1. The van der Waals surface area contributed by atoms with E-state index < -0.39 is 0 Å². The molecular formula is C15H11Cl2N3. The molecular weight excluding hydrogens is 293 g/mol. The molecule has 1 N–H and O–H groups in total. The summed E-state index contributed by atoms with van der Waals surface area (Å²) in [7, 11) is 0. The van der Waals surface area contributed by atoms with Crippen LogP contribution < -0.4 is 0 Å². The number of hydrogen-bond acceptors (Lipinski definition) is 2. The Morgan fingerprint density at radius 2 is 1.80 bits per heavy atom. The van der Waals surface area contributed by atoms with Gasteiger partial charge in [0.1, 0.15) is 5.69 Å². The van der Waals surface area contributed by atoms with Gasteiger partial charge in [-0.3, -0.25) is 4.98 Å². The molecule has 0 aliphatic heterocycles. The highest BCUT2D eigenvalue weighted by Gasteiger charge is 2.12. The molecule has 0 amide bonds. The second-order valence-electron chi connectivity index (χ2n) is 4.43. The van der Waals surface area contributed by atoms with E-state index in [9.17, 15) is 0 Å². The number of hydrogen-bond donors (Lipinski definition) is 1. The van der Waals surface area contributed by atoms with Gasteiger partial charge in [-0.25, -0.2) is 4.98 Å². The number of pyridine rings is 1. The third-order valence-electron chi connectivity index (χ3n) is 2.93. The first kappa shape index (κ1) is 13.2. The number of aryl methyl sites for hydroxylation is 1. The summed E-state index contributed by atoms with van der Waals surface area (Å²) < 4.78 is 0. The van der Waals surface area contributed by atoms with E-state index >= 15 is 0 Å². The number of aromatic nitrogens is 3. The Labute approximate surface area is 126 Å². The monoisotopic (exact) mass is 303 g/mol. The molecule has 0 aliphatic rings. The first-order valence-corrected chi connectivity index (χ1v) is 6.83. The Hall–Kier alpha value is -1.84. The van der Waals surface area contributed by atoms with Crippen molar-refractivity contribution in [1.29, 1.82) is 0 Å². The predicted octanol–water partition coefficient (Wildman–Crippen LogP) is 4.75. The van der Waals surface area contributed by atoms with Crippen LogP contribution in [0.25, 0.3) is 22.8 Å². The molecule has 0 bridgehead atoms. The second kappa shape index (κ2) is 5.27. The fourth-order valence-corrected chi connectivity index (χ4v) is 2.58. The van der Waals surface area contributed by atoms with Crippen LogP contribution in [0.1, 0.15) is 5.69 Å². The van der Waals surface area contributed by atoms with Crippen LogP contribution in [-0.2, 0) is 0 Å². The van der Waals surface area contributed by atoms with E-state index in [0.717, 1.165) is 28.5 Å². The highest BCUT2D eigenvalue weighted by Crippen LogP contribution is 2.29. The largest absolute Gasteiger partial charge is 0.340 e. The van der Waals surface area contributed by atoms with Gasteiger partial charge in [0.05, 0.1) is 5.69 Å². The quantitative estimate of drug-likeness (QED) is 0.742. The third kappa shape index (κ3) is 2.55. The summed E-state index contributed by atoms with van der Waals surface area (Å²) in [6, 6.07) is 11.1. The van der Waals surface area contributed by atoms with Crippen LogP contribution in [0.4, 0.5) is 0 Å². The van der Waals surface area contributed by atoms with Gasteiger partial charge in [-0.05, 0) is 37.3 Å². The summed E-state index contributed by atoms with van der Waals surface area (Å²) in [5.74, 6) is 0.731. The lowest BCUT2D eigenvalue weighted by Gasteiger charge is -2.00. The van der Waals surface area contributed by atoms with Crippen LogP contribution >= 0.6 is 23.2 Å². The SMILES string of the molecule is Cc1[nH]c(-c2ccccn2)nc1-c1cc(Cl)cc(Cl)c1. The van der Waals surface area contributed by atoms with E-state index in [2.05, 4.69) is 15.0 Å². The van der Waals surface area contributed by atoms with E-state index in [1.807, 2.05) is 37.3 Å². The first-order valence-electron chi connectivity index (χ1n) is 6.08. The Kier molecular flexibility index (Phi) is 3.47. The van der Waals surface area contributed by atoms with E-state index in [0.29, 0.717) is 10.0 Å². The summed E-state index contributed by atoms with van der Waals surface area (Å²) in [5, 5.41) is 1.18. The average Bonchev–Trinajstić information content (AvgIpc) is 2.81. The van der Waals surface area contributed by atoms with E-state index in [-0.39, 0.29) is 0 Å². The smallest absolute Gasteiger partial charge is 0.156 e. The molecule has 3 rings (SSSR count). The van der Waals surface area contributed by atoms with Crippen LogP contribution in [0.5, 0.6) is 0 Å². The Bertz CT molecular complexity index is 731. The Morgan fingerprint density at radius 3 is 2.45 bits per heavy atom. The van der Waals surface area contributed by atoms with Crippen molar-refractivity contribution < 1.29 is 0 Å². The number of rotatable bonds is 2.